The Morgan fingerprint density at radius 3 is 2.65 bits per heavy atom. The van der Waals surface area contributed by atoms with Crippen LogP contribution in [0.1, 0.15) is 52.1 Å². The van der Waals surface area contributed by atoms with Crippen molar-refractivity contribution in [2.75, 3.05) is 11.9 Å². The van der Waals surface area contributed by atoms with Crippen molar-refractivity contribution in [3.05, 3.63) is 18.1 Å². The van der Waals surface area contributed by atoms with Gasteiger partial charge in [0.2, 0.25) is 0 Å². The molecule has 17 heavy (non-hydrogen) atoms. The first kappa shape index (κ1) is 13.9. The van der Waals surface area contributed by atoms with Gasteiger partial charge in [0.25, 0.3) is 0 Å². The summed E-state index contributed by atoms with van der Waals surface area (Å²) in [6, 6.07) is 2.02. The number of nitrogens with zero attached hydrogens (tertiary/aromatic N) is 2. The number of anilines is 1. The summed E-state index contributed by atoms with van der Waals surface area (Å²) >= 11 is 0. The Balaban J connectivity index is 2.82. The molecule has 0 radical (unpaired) electrons. The minimum atomic E-state index is 0.0113. The van der Waals surface area contributed by atoms with Gasteiger partial charge in [-0.3, -0.25) is 0 Å². The quantitative estimate of drug-likeness (QED) is 0.796. The molecule has 1 unspecified atom stereocenters. The predicted octanol–water partition coefficient (Wildman–Crippen LogP) is 2.53. The summed E-state index contributed by atoms with van der Waals surface area (Å²) in [4.78, 5) is 8.54. The van der Waals surface area contributed by atoms with Crippen LogP contribution in [-0.2, 0) is 0 Å². The molecule has 0 aliphatic carbocycles. The molecule has 1 aromatic heterocycles. The Bertz CT molecular complexity index is 351. The average Bonchev–Trinajstić information content (AvgIpc) is 2.29. The standard InChI is InChI=1S/C13H24N4/c1-5-13(4,6-7-14)17-12-8-11(10(2)3)15-9-16-12/h8-10H,5-7,14H2,1-4H3,(H,15,16,17). The molecular weight excluding hydrogens is 212 g/mol. The van der Waals surface area contributed by atoms with E-state index in [-0.39, 0.29) is 5.54 Å². The largest absolute Gasteiger partial charge is 0.365 e. The van der Waals surface area contributed by atoms with Gasteiger partial charge in [0.15, 0.2) is 0 Å². The zero-order chi connectivity index (χ0) is 12.9. The average molecular weight is 236 g/mol. The van der Waals surface area contributed by atoms with Gasteiger partial charge in [0.1, 0.15) is 12.1 Å². The van der Waals surface area contributed by atoms with Crippen LogP contribution in [0, 0.1) is 0 Å². The fourth-order valence-corrected chi connectivity index (χ4v) is 1.71. The molecule has 1 atom stereocenters. The van der Waals surface area contributed by atoms with Gasteiger partial charge in [-0.2, -0.15) is 0 Å². The lowest BCUT2D eigenvalue weighted by atomic mass is 9.94. The monoisotopic (exact) mass is 236 g/mol. The van der Waals surface area contributed by atoms with Crippen molar-refractivity contribution in [3.63, 3.8) is 0 Å². The van der Waals surface area contributed by atoms with E-state index in [4.69, 9.17) is 5.73 Å². The summed E-state index contributed by atoms with van der Waals surface area (Å²) < 4.78 is 0. The van der Waals surface area contributed by atoms with Crippen LogP contribution < -0.4 is 11.1 Å². The molecule has 1 heterocycles. The third kappa shape index (κ3) is 3.97. The van der Waals surface area contributed by atoms with Crippen molar-refractivity contribution in [2.45, 2.75) is 52.0 Å². The number of hydrogen-bond acceptors (Lipinski definition) is 4. The number of nitrogens with one attached hydrogen (secondary N) is 1. The van der Waals surface area contributed by atoms with Crippen LogP contribution in [0.2, 0.25) is 0 Å². The first-order chi connectivity index (χ1) is 8.00. The van der Waals surface area contributed by atoms with E-state index in [9.17, 15) is 0 Å². The molecular formula is C13H24N4. The molecule has 0 fully saturated rings. The molecule has 3 N–H and O–H groups in total. The van der Waals surface area contributed by atoms with Gasteiger partial charge in [0, 0.05) is 17.3 Å². The van der Waals surface area contributed by atoms with Crippen LogP contribution in [0.15, 0.2) is 12.4 Å². The number of aromatic nitrogens is 2. The van der Waals surface area contributed by atoms with Gasteiger partial charge in [-0.25, -0.2) is 9.97 Å². The Morgan fingerprint density at radius 2 is 2.12 bits per heavy atom. The zero-order valence-corrected chi connectivity index (χ0v) is 11.3. The highest BCUT2D eigenvalue weighted by atomic mass is 15.1. The third-order valence-corrected chi connectivity index (χ3v) is 3.19. The van der Waals surface area contributed by atoms with E-state index < -0.39 is 0 Å². The van der Waals surface area contributed by atoms with Crippen LogP contribution in [0.3, 0.4) is 0 Å². The highest BCUT2D eigenvalue weighted by Gasteiger charge is 2.21. The van der Waals surface area contributed by atoms with Crippen molar-refractivity contribution in [2.24, 2.45) is 5.73 Å². The summed E-state index contributed by atoms with van der Waals surface area (Å²) in [5, 5.41) is 3.47. The molecule has 0 aliphatic heterocycles. The maximum Gasteiger partial charge on any atom is 0.130 e. The molecule has 1 aromatic rings. The van der Waals surface area contributed by atoms with Gasteiger partial charge < -0.3 is 11.1 Å². The van der Waals surface area contributed by atoms with Crippen LogP contribution in [0.5, 0.6) is 0 Å². The topological polar surface area (TPSA) is 63.8 Å². The molecule has 0 aromatic carbocycles. The highest BCUT2D eigenvalue weighted by molar-refractivity contribution is 5.38. The Morgan fingerprint density at radius 1 is 1.41 bits per heavy atom. The lowest BCUT2D eigenvalue weighted by Gasteiger charge is -2.30. The fraction of sp³-hybridized carbons (Fsp3) is 0.692. The Labute approximate surface area is 104 Å². The first-order valence-electron chi connectivity index (χ1n) is 6.31. The highest BCUT2D eigenvalue weighted by Crippen LogP contribution is 2.21. The van der Waals surface area contributed by atoms with Crippen molar-refractivity contribution < 1.29 is 0 Å². The Kier molecular flexibility index (Phi) is 4.87. The molecule has 0 amide bonds. The number of nitrogens with two attached hydrogens (primary N) is 1. The van der Waals surface area contributed by atoms with E-state index in [0.717, 1.165) is 24.4 Å². The van der Waals surface area contributed by atoms with Gasteiger partial charge in [0.05, 0.1) is 0 Å². The molecule has 0 spiro atoms. The van der Waals surface area contributed by atoms with E-state index >= 15 is 0 Å². The van der Waals surface area contributed by atoms with E-state index in [1.54, 1.807) is 6.33 Å². The minimum absolute atomic E-state index is 0.0113. The van der Waals surface area contributed by atoms with E-state index in [1.165, 1.54) is 0 Å². The smallest absolute Gasteiger partial charge is 0.130 e. The second-order valence-corrected chi connectivity index (χ2v) is 5.06. The Hall–Kier alpha value is -1.16. The number of hydrogen-bond donors (Lipinski definition) is 2. The fourth-order valence-electron chi connectivity index (χ4n) is 1.71. The van der Waals surface area contributed by atoms with Crippen LogP contribution in [-0.4, -0.2) is 22.1 Å². The molecule has 4 heteroatoms. The number of rotatable bonds is 6. The van der Waals surface area contributed by atoms with E-state index in [1.807, 2.05) is 6.07 Å². The predicted molar refractivity (Wildman–Crippen MR) is 72.1 cm³/mol. The van der Waals surface area contributed by atoms with Gasteiger partial charge >= 0.3 is 0 Å². The third-order valence-electron chi connectivity index (χ3n) is 3.19. The van der Waals surface area contributed by atoms with Crippen LogP contribution in [0.4, 0.5) is 5.82 Å². The summed E-state index contributed by atoms with van der Waals surface area (Å²) in [6.45, 7) is 9.28. The van der Waals surface area contributed by atoms with Crippen LogP contribution >= 0.6 is 0 Å². The van der Waals surface area contributed by atoms with Crippen LogP contribution in [0.25, 0.3) is 0 Å². The lowest BCUT2D eigenvalue weighted by molar-refractivity contribution is 0.461. The zero-order valence-electron chi connectivity index (χ0n) is 11.3. The van der Waals surface area contributed by atoms with Gasteiger partial charge in [-0.1, -0.05) is 20.8 Å². The lowest BCUT2D eigenvalue weighted by Crippen LogP contribution is -2.36. The molecule has 0 bridgehead atoms. The van der Waals surface area contributed by atoms with Crippen molar-refractivity contribution >= 4 is 5.82 Å². The molecule has 4 nitrogen and oxygen atoms in total. The summed E-state index contributed by atoms with van der Waals surface area (Å²) in [5.74, 6) is 1.31. The second-order valence-electron chi connectivity index (χ2n) is 5.06. The molecule has 0 saturated carbocycles. The minimum Gasteiger partial charge on any atom is -0.365 e. The van der Waals surface area contributed by atoms with Gasteiger partial charge in [-0.05, 0) is 32.2 Å². The van der Waals surface area contributed by atoms with Crippen molar-refractivity contribution in [3.8, 4) is 0 Å². The van der Waals surface area contributed by atoms with E-state index in [2.05, 4.69) is 43.0 Å². The first-order valence-corrected chi connectivity index (χ1v) is 6.31. The van der Waals surface area contributed by atoms with Gasteiger partial charge in [-0.15, -0.1) is 0 Å². The molecule has 0 saturated heterocycles. The summed E-state index contributed by atoms with van der Waals surface area (Å²) in [5.41, 5.74) is 6.72. The van der Waals surface area contributed by atoms with Crippen molar-refractivity contribution in [1.82, 2.24) is 9.97 Å². The molecule has 0 aliphatic rings. The normalized spacial score (nSPS) is 14.7. The molecule has 96 valence electrons. The maximum atomic E-state index is 5.65. The second kappa shape index (κ2) is 5.96. The van der Waals surface area contributed by atoms with Crippen molar-refractivity contribution in [1.29, 1.82) is 0 Å². The SMILES string of the molecule is CCC(C)(CCN)Nc1cc(C(C)C)ncn1. The molecule has 1 rings (SSSR count). The summed E-state index contributed by atoms with van der Waals surface area (Å²) in [7, 11) is 0. The summed E-state index contributed by atoms with van der Waals surface area (Å²) in [6.07, 6.45) is 3.58. The van der Waals surface area contributed by atoms with E-state index in [0.29, 0.717) is 12.5 Å². The maximum absolute atomic E-state index is 5.65.